The summed E-state index contributed by atoms with van der Waals surface area (Å²) in [4.78, 5) is 0. The molecule has 0 aromatic heterocycles. The van der Waals surface area contributed by atoms with E-state index in [1.165, 1.54) is 32.1 Å². The van der Waals surface area contributed by atoms with Crippen LogP contribution in [0.15, 0.2) is 0 Å². The molecule has 1 aliphatic rings. The van der Waals surface area contributed by atoms with Gasteiger partial charge in [-0.3, -0.25) is 0 Å². The van der Waals surface area contributed by atoms with Gasteiger partial charge in [0.1, 0.15) is 0 Å². The van der Waals surface area contributed by atoms with Gasteiger partial charge in [-0.05, 0) is 43.9 Å². The van der Waals surface area contributed by atoms with Crippen molar-refractivity contribution < 1.29 is 0 Å². The van der Waals surface area contributed by atoms with E-state index in [9.17, 15) is 0 Å². The second kappa shape index (κ2) is 3.78. The number of rotatable bonds is 2. The molecule has 0 atom stereocenters. The van der Waals surface area contributed by atoms with Crippen molar-refractivity contribution in [2.45, 2.75) is 58.4 Å². The molecule has 1 saturated carbocycles. The lowest BCUT2D eigenvalue weighted by molar-refractivity contribution is 0.212. The van der Waals surface area contributed by atoms with E-state index >= 15 is 0 Å². The van der Waals surface area contributed by atoms with Crippen molar-refractivity contribution in [3.63, 3.8) is 0 Å². The summed E-state index contributed by atoms with van der Waals surface area (Å²) in [5.41, 5.74) is 6.50. The van der Waals surface area contributed by atoms with E-state index in [4.69, 9.17) is 5.73 Å². The average Bonchev–Trinajstić information content (AvgIpc) is 1.94. The molecule has 0 saturated heterocycles. The highest BCUT2D eigenvalue weighted by Crippen LogP contribution is 2.33. The molecular formula is C11H23N. The number of hydrogen-bond acceptors (Lipinski definition) is 1. The smallest absolute Gasteiger partial charge is 0.0157 e. The summed E-state index contributed by atoms with van der Waals surface area (Å²) in [6.07, 6.45) is 6.37. The highest BCUT2D eigenvalue weighted by Gasteiger charge is 2.30. The van der Waals surface area contributed by atoms with Crippen LogP contribution in [0.25, 0.3) is 0 Å². The van der Waals surface area contributed by atoms with Crippen molar-refractivity contribution in [2.24, 2.45) is 17.6 Å². The van der Waals surface area contributed by atoms with Crippen LogP contribution < -0.4 is 5.73 Å². The highest BCUT2D eigenvalue weighted by atomic mass is 14.7. The van der Waals surface area contributed by atoms with E-state index in [2.05, 4.69) is 20.8 Å². The van der Waals surface area contributed by atoms with E-state index in [0.29, 0.717) is 0 Å². The zero-order valence-corrected chi connectivity index (χ0v) is 8.77. The lowest BCUT2D eigenvalue weighted by Crippen LogP contribution is -2.44. The van der Waals surface area contributed by atoms with Gasteiger partial charge in [0.2, 0.25) is 0 Å². The van der Waals surface area contributed by atoms with Crippen LogP contribution in [0.2, 0.25) is 0 Å². The van der Waals surface area contributed by atoms with Gasteiger partial charge in [0.15, 0.2) is 0 Å². The molecule has 1 aliphatic carbocycles. The van der Waals surface area contributed by atoms with Crippen LogP contribution in [0.5, 0.6) is 0 Å². The summed E-state index contributed by atoms with van der Waals surface area (Å²) in [5.74, 6) is 1.66. The van der Waals surface area contributed by atoms with E-state index in [-0.39, 0.29) is 5.54 Å². The lowest BCUT2D eigenvalue weighted by Gasteiger charge is -2.37. The first-order valence-electron chi connectivity index (χ1n) is 5.31. The molecule has 0 bridgehead atoms. The van der Waals surface area contributed by atoms with Crippen molar-refractivity contribution in [3.05, 3.63) is 0 Å². The summed E-state index contributed by atoms with van der Waals surface area (Å²) in [7, 11) is 0. The van der Waals surface area contributed by atoms with Crippen molar-refractivity contribution in [3.8, 4) is 0 Å². The number of nitrogens with two attached hydrogens (primary N) is 1. The third-order valence-electron chi connectivity index (χ3n) is 3.08. The summed E-state index contributed by atoms with van der Waals surface area (Å²) in [5, 5.41) is 0. The predicted molar refractivity (Wildman–Crippen MR) is 54.0 cm³/mol. The Balaban J connectivity index is 2.39. The Hall–Kier alpha value is -0.0400. The van der Waals surface area contributed by atoms with Gasteiger partial charge in [-0.1, -0.05) is 20.8 Å². The Bertz CT molecular complexity index is 132. The molecule has 0 aromatic carbocycles. The van der Waals surface area contributed by atoms with Crippen molar-refractivity contribution in [1.82, 2.24) is 0 Å². The van der Waals surface area contributed by atoms with E-state index in [1.807, 2.05) is 0 Å². The zero-order valence-electron chi connectivity index (χ0n) is 8.77. The standard InChI is InChI=1S/C11H23N/c1-9(2)8-11(12)6-4-10(3)5-7-11/h9-10H,4-8,12H2,1-3H3. The number of hydrogen-bond donors (Lipinski definition) is 1. The minimum Gasteiger partial charge on any atom is -0.325 e. The monoisotopic (exact) mass is 169 g/mol. The maximum Gasteiger partial charge on any atom is 0.0157 e. The Labute approximate surface area is 76.7 Å². The maximum absolute atomic E-state index is 6.32. The molecule has 1 heteroatoms. The van der Waals surface area contributed by atoms with Crippen molar-refractivity contribution in [1.29, 1.82) is 0 Å². The van der Waals surface area contributed by atoms with Crippen LogP contribution in [0.1, 0.15) is 52.9 Å². The van der Waals surface area contributed by atoms with Gasteiger partial charge in [0.25, 0.3) is 0 Å². The molecule has 2 N–H and O–H groups in total. The van der Waals surface area contributed by atoms with Crippen LogP contribution >= 0.6 is 0 Å². The molecule has 0 unspecified atom stereocenters. The van der Waals surface area contributed by atoms with Gasteiger partial charge in [0, 0.05) is 5.54 Å². The molecule has 0 aliphatic heterocycles. The van der Waals surface area contributed by atoms with Crippen LogP contribution in [0, 0.1) is 11.8 Å². The van der Waals surface area contributed by atoms with Gasteiger partial charge in [-0.15, -0.1) is 0 Å². The topological polar surface area (TPSA) is 26.0 Å². The molecule has 1 nitrogen and oxygen atoms in total. The summed E-state index contributed by atoms with van der Waals surface area (Å²) in [6, 6.07) is 0. The quantitative estimate of drug-likeness (QED) is 0.675. The Morgan fingerprint density at radius 1 is 1.33 bits per heavy atom. The van der Waals surface area contributed by atoms with Crippen LogP contribution in [-0.4, -0.2) is 5.54 Å². The largest absolute Gasteiger partial charge is 0.325 e. The molecule has 1 fully saturated rings. The Morgan fingerprint density at radius 2 is 1.83 bits per heavy atom. The first kappa shape index (κ1) is 10.0. The summed E-state index contributed by atoms with van der Waals surface area (Å²) >= 11 is 0. The van der Waals surface area contributed by atoms with Crippen LogP contribution in [-0.2, 0) is 0 Å². The fourth-order valence-corrected chi connectivity index (χ4v) is 2.35. The van der Waals surface area contributed by atoms with Crippen molar-refractivity contribution >= 4 is 0 Å². The van der Waals surface area contributed by atoms with Gasteiger partial charge in [-0.25, -0.2) is 0 Å². The highest BCUT2D eigenvalue weighted by molar-refractivity contribution is 4.89. The van der Waals surface area contributed by atoms with Gasteiger partial charge in [0.05, 0.1) is 0 Å². The molecule has 0 radical (unpaired) electrons. The van der Waals surface area contributed by atoms with E-state index in [1.54, 1.807) is 0 Å². The van der Waals surface area contributed by atoms with Crippen LogP contribution in [0.4, 0.5) is 0 Å². The van der Waals surface area contributed by atoms with Gasteiger partial charge in [-0.2, -0.15) is 0 Å². The fourth-order valence-electron chi connectivity index (χ4n) is 2.35. The normalized spacial score (nSPS) is 37.2. The second-order valence-corrected chi connectivity index (χ2v) is 5.14. The predicted octanol–water partition coefficient (Wildman–Crippen LogP) is 2.94. The summed E-state index contributed by atoms with van der Waals surface area (Å²) < 4.78 is 0. The lowest BCUT2D eigenvalue weighted by atomic mass is 9.74. The fraction of sp³-hybridized carbons (Fsp3) is 1.00. The molecule has 1 rings (SSSR count). The Morgan fingerprint density at radius 3 is 2.25 bits per heavy atom. The van der Waals surface area contributed by atoms with E-state index < -0.39 is 0 Å². The van der Waals surface area contributed by atoms with Gasteiger partial charge >= 0.3 is 0 Å². The average molecular weight is 169 g/mol. The van der Waals surface area contributed by atoms with E-state index in [0.717, 1.165) is 11.8 Å². The molecule has 0 amide bonds. The molecule has 12 heavy (non-hydrogen) atoms. The molecule has 0 aromatic rings. The second-order valence-electron chi connectivity index (χ2n) is 5.14. The maximum atomic E-state index is 6.32. The minimum absolute atomic E-state index is 0.181. The Kier molecular flexibility index (Phi) is 3.16. The molecule has 0 heterocycles. The zero-order chi connectivity index (χ0) is 9.19. The SMILES string of the molecule is CC(C)CC1(N)CCC(C)CC1. The molecule has 0 spiro atoms. The third-order valence-corrected chi connectivity index (χ3v) is 3.08. The van der Waals surface area contributed by atoms with Gasteiger partial charge < -0.3 is 5.73 Å². The third kappa shape index (κ3) is 2.78. The van der Waals surface area contributed by atoms with Crippen molar-refractivity contribution in [2.75, 3.05) is 0 Å². The summed E-state index contributed by atoms with van der Waals surface area (Å²) in [6.45, 7) is 6.88. The first-order valence-corrected chi connectivity index (χ1v) is 5.31. The molecule has 72 valence electrons. The van der Waals surface area contributed by atoms with Crippen LogP contribution in [0.3, 0.4) is 0 Å². The first-order chi connectivity index (χ1) is 5.52. The minimum atomic E-state index is 0.181. The molecular weight excluding hydrogens is 146 g/mol.